The minimum Gasteiger partial charge on any atom is -0.486 e. The summed E-state index contributed by atoms with van der Waals surface area (Å²) in [5.74, 6) is 0.344. The fourth-order valence-electron chi connectivity index (χ4n) is 4.78. The molecule has 5 rings (SSSR count). The van der Waals surface area contributed by atoms with Gasteiger partial charge in [0.2, 0.25) is 0 Å². The Bertz CT molecular complexity index is 1390. The summed E-state index contributed by atoms with van der Waals surface area (Å²) in [6, 6.07) is 19.9. The molecule has 2 aliphatic rings. The summed E-state index contributed by atoms with van der Waals surface area (Å²) in [6.45, 7) is 7.08. The Morgan fingerprint density at radius 3 is 2.38 bits per heavy atom. The van der Waals surface area contributed by atoms with E-state index in [1.54, 1.807) is 23.1 Å². The van der Waals surface area contributed by atoms with Crippen molar-refractivity contribution in [1.82, 2.24) is 4.90 Å². The zero-order valence-corrected chi connectivity index (χ0v) is 24.5. The lowest BCUT2D eigenvalue weighted by Crippen LogP contribution is -2.29. The molecule has 2 saturated heterocycles. The molecule has 39 heavy (non-hydrogen) atoms. The van der Waals surface area contributed by atoms with Crippen molar-refractivity contribution in [3.63, 3.8) is 0 Å². The molecule has 8 heteroatoms. The van der Waals surface area contributed by atoms with Crippen LogP contribution in [0.5, 0.6) is 5.75 Å². The SMILES string of the molecule is CCN1C(=O)/C(=C/c2cc(Cl)c(OCc3cccc(C)c3)c(Cl)c2)SC1=Nc1ccc(N2CCCCC2)cc1. The number of nitrogens with zero attached hydrogens (tertiary/aromatic N) is 3. The molecule has 2 fully saturated rings. The molecule has 0 spiro atoms. The number of rotatable bonds is 7. The number of piperidine rings is 1. The molecular weight excluding hydrogens is 549 g/mol. The number of thioether (sulfide) groups is 1. The van der Waals surface area contributed by atoms with E-state index in [0.717, 1.165) is 35.5 Å². The molecule has 2 heterocycles. The maximum absolute atomic E-state index is 13.2. The van der Waals surface area contributed by atoms with E-state index in [9.17, 15) is 4.79 Å². The number of benzene rings is 3. The van der Waals surface area contributed by atoms with Crippen molar-refractivity contribution < 1.29 is 9.53 Å². The van der Waals surface area contributed by atoms with Gasteiger partial charge in [-0.15, -0.1) is 0 Å². The number of carbonyl (C=O) groups is 1. The number of ether oxygens (including phenoxy) is 1. The van der Waals surface area contributed by atoms with Crippen molar-refractivity contribution in [3.05, 3.63) is 92.3 Å². The number of hydrogen-bond donors (Lipinski definition) is 0. The molecule has 0 saturated carbocycles. The smallest absolute Gasteiger partial charge is 0.266 e. The third-order valence-electron chi connectivity index (χ3n) is 6.78. The lowest BCUT2D eigenvalue weighted by molar-refractivity contribution is -0.122. The monoisotopic (exact) mass is 579 g/mol. The highest BCUT2D eigenvalue weighted by molar-refractivity contribution is 8.18. The summed E-state index contributed by atoms with van der Waals surface area (Å²) < 4.78 is 5.93. The molecule has 1 amide bonds. The van der Waals surface area contributed by atoms with Crippen molar-refractivity contribution in [2.24, 2.45) is 4.99 Å². The van der Waals surface area contributed by atoms with Crippen LogP contribution in [0.2, 0.25) is 10.0 Å². The van der Waals surface area contributed by atoms with E-state index < -0.39 is 0 Å². The molecular formula is C31H31Cl2N3O2S. The van der Waals surface area contributed by atoms with Crippen LogP contribution in [0.25, 0.3) is 6.08 Å². The van der Waals surface area contributed by atoms with E-state index in [1.807, 2.05) is 44.2 Å². The van der Waals surface area contributed by atoms with Gasteiger partial charge in [0, 0.05) is 25.3 Å². The highest BCUT2D eigenvalue weighted by Crippen LogP contribution is 2.38. The molecule has 0 radical (unpaired) electrons. The Morgan fingerprint density at radius 1 is 1.00 bits per heavy atom. The summed E-state index contributed by atoms with van der Waals surface area (Å²) >= 11 is 14.5. The average molecular weight is 581 g/mol. The summed E-state index contributed by atoms with van der Waals surface area (Å²) in [6.07, 6.45) is 5.59. The van der Waals surface area contributed by atoms with Gasteiger partial charge in [0.1, 0.15) is 6.61 Å². The Balaban J connectivity index is 1.32. The number of aryl methyl sites for hydroxylation is 1. The highest BCUT2D eigenvalue weighted by atomic mass is 35.5. The number of likely N-dealkylation sites (N-methyl/N-ethyl adjacent to an activating group) is 1. The number of aliphatic imine (C=N–C) groups is 1. The molecule has 0 aromatic heterocycles. The van der Waals surface area contributed by atoms with Crippen LogP contribution in [0.1, 0.15) is 42.9 Å². The van der Waals surface area contributed by atoms with Crippen LogP contribution < -0.4 is 9.64 Å². The van der Waals surface area contributed by atoms with Gasteiger partial charge in [0.25, 0.3) is 5.91 Å². The summed E-state index contributed by atoms with van der Waals surface area (Å²) in [5, 5.41) is 1.45. The van der Waals surface area contributed by atoms with Crippen LogP contribution in [0.15, 0.2) is 70.6 Å². The van der Waals surface area contributed by atoms with E-state index in [2.05, 4.69) is 23.1 Å². The molecule has 3 aromatic rings. The van der Waals surface area contributed by atoms with Crippen molar-refractivity contribution in [1.29, 1.82) is 0 Å². The molecule has 202 valence electrons. The fourth-order valence-corrected chi connectivity index (χ4v) is 6.46. The van der Waals surface area contributed by atoms with Gasteiger partial charge in [-0.2, -0.15) is 0 Å². The number of anilines is 1. The summed E-state index contributed by atoms with van der Waals surface area (Å²) in [7, 11) is 0. The predicted octanol–water partition coefficient (Wildman–Crippen LogP) is 8.50. The lowest BCUT2D eigenvalue weighted by atomic mass is 10.1. The Labute approximate surface area is 244 Å². The van der Waals surface area contributed by atoms with Gasteiger partial charge in [0.15, 0.2) is 10.9 Å². The fraction of sp³-hybridized carbons (Fsp3) is 0.290. The molecule has 0 atom stereocenters. The Kier molecular flexibility index (Phi) is 8.85. The van der Waals surface area contributed by atoms with Crippen LogP contribution in [0, 0.1) is 6.92 Å². The van der Waals surface area contributed by atoms with Gasteiger partial charge < -0.3 is 9.64 Å². The van der Waals surface area contributed by atoms with Gasteiger partial charge in [-0.1, -0.05) is 53.0 Å². The number of halogens is 2. The first-order chi connectivity index (χ1) is 18.9. The maximum atomic E-state index is 13.2. The van der Waals surface area contributed by atoms with Crippen LogP contribution in [-0.2, 0) is 11.4 Å². The van der Waals surface area contributed by atoms with E-state index in [1.165, 1.54) is 36.7 Å². The minimum absolute atomic E-state index is 0.0850. The third kappa shape index (κ3) is 6.63. The van der Waals surface area contributed by atoms with Gasteiger partial charge >= 0.3 is 0 Å². The van der Waals surface area contributed by atoms with Gasteiger partial charge in [-0.05, 0) is 98.5 Å². The average Bonchev–Trinajstić information content (AvgIpc) is 3.22. The van der Waals surface area contributed by atoms with Crippen molar-refractivity contribution in [3.8, 4) is 5.75 Å². The second kappa shape index (κ2) is 12.5. The lowest BCUT2D eigenvalue weighted by Gasteiger charge is -2.28. The first-order valence-electron chi connectivity index (χ1n) is 13.2. The first-order valence-corrected chi connectivity index (χ1v) is 14.8. The second-order valence-electron chi connectivity index (χ2n) is 9.71. The predicted molar refractivity (Wildman–Crippen MR) is 165 cm³/mol. The normalized spacial score (nSPS) is 17.9. The Hall–Kier alpha value is -2.93. The maximum Gasteiger partial charge on any atom is 0.266 e. The molecule has 2 aliphatic heterocycles. The van der Waals surface area contributed by atoms with Crippen LogP contribution in [-0.4, -0.2) is 35.6 Å². The van der Waals surface area contributed by atoms with E-state index in [4.69, 9.17) is 32.9 Å². The number of amides is 1. The zero-order valence-electron chi connectivity index (χ0n) is 22.1. The Morgan fingerprint density at radius 2 is 1.72 bits per heavy atom. The largest absolute Gasteiger partial charge is 0.486 e. The van der Waals surface area contributed by atoms with Crippen molar-refractivity contribution in [2.75, 3.05) is 24.5 Å². The molecule has 3 aromatic carbocycles. The highest BCUT2D eigenvalue weighted by Gasteiger charge is 2.32. The van der Waals surface area contributed by atoms with Crippen LogP contribution in [0.4, 0.5) is 11.4 Å². The molecule has 5 nitrogen and oxygen atoms in total. The first kappa shape index (κ1) is 27.6. The topological polar surface area (TPSA) is 45.1 Å². The van der Waals surface area contributed by atoms with Crippen molar-refractivity contribution in [2.45, 2.75) is 39.7 Å². The van der Waals surface area contributed by atoms with Crippen molar-refractivity contribution >= 4 is 63.5 Å². The second-order valence-corrected chi connectivity index (χ2v) is 11.5. The molecule has 0 aliphatic carbocycles. The van der Waals surface area contributed by atoms with E-state index in [-0.39, 0.29) is 5.91 Å². The molecule has 0 bridgehead atoms. The van der Waals surface area contributed by atoms with E-state index in [0.29, 0.717) is 39.0 Å². The third-order valence-corrected chi connectivity index (χ3v) is 8.35. The van der Waals surface area contributed by atoms with E-state index >= 15 is 0 Å². The number of amidine groups is 1. The van der Waals surface area contributed by atoms with Gasteiger partial charge in [0.05, 0.1) is 20.6 Å². The molecule has 0 N–H and O–H groups in total. The summed E-state index contributed by atoms with van der Waals surface area (Å²) in [4.78, 5) is 22.7. The van der Waals surface area contributed by atoms with Crippen LogP contribution in [0.3, 0.4) is 0 Å². The number of carbonyl (C=O) groups excluding carboxylic acids is 1. The standard InChI is InChI=1S/C31H31Cl2N3O2S/c1-3-36-30(37)28(39-31(36)34-24-10-12-25(13-11-24)35-14-5-4-6-15-35)19-23-17-26(32)29(27(33)18-23)38-20-22-9-7-8-21(2)16-22/h7-13,16-19H,3-6,14-15,20H2,1-2H3/b28-19-,34-31?. The molecule has 0 unspecified atom stereocenters. The minimum atomic E-state index is -0.0850. The quantitative estimate of drug-likeness (QED) is 0.263. The summed E-state index contributed by atoms with van der Waals surface area (Å²) in [5.41, 5.74) is 4.97. The van der Waals surface area contributed by atoms with Gasteiger partial charge in [-0.3, -0.25) is 9.69 Å². The van der Waals surface area contributed by atoms with Gasteiger partial charge in [-0.25, -0.2) is 4.99 Å². The zero-order chi connectivity index (χ0) is 27.4. The van der Waals surface area contributed by atoms with Crippen LogP contribution >= 0.6 is 35.0 Å². The number of hydrogen-bond acceptors (Lipinski definition) is 5.